The molecule has 0 atom stereocenters. The van der Waals surface area contributed by atoms with E-state index < -0.39 is 30.0 Å². The molecule has 0 aliphatic heterocycles. The number of alkyl halides is 3. The lowest BCUT2D eigenvalue weighted by molar-refractivity contribution is -0.385. The molecule has 2 aromatic rings. The smallest absolute Gasteiger partial charge is 0.406 e. The number of benzene rings is 1. The Hall–Kier alpha value is -2.84. The summed E-state index contributed by atoms with van der Waals surface area (Å²) in [7, 11) is 0. The Morgan fingerprint density at radius 1 is 1.23 bits per heavy atom. The van der Waals surface area contributed by atoms with Crippen molar-refractivity contribution in [3.05, 3.63) is 56.9 Å². The summed E-state index contributed by atoms with van der Waals surface area (Å²) in [4.78, 5) is 22.7. The van der Waals surface area contributed by atoms with Gasteiger partial charge in [0.25, 0.3) is 0 Å². The number of hydrogen-bond donors (Lipinski definition) is 0. The molecule has 0 N–H and O–H groups in total. The minimum Gasteiger partial charge on any atom is -0.478 e. The highest BCUT2D eigenvalue weighted by molar-refractivity contribution is 5.98. The lowest BCUT2D eigenvalue weighted by Gasteiger charge is -2.12. The Bertz CT molecular complexity index is 856. The fourth-order valence-electron chi connectivity index (χ4n) is 2.61. The zero-order chi connectivity index (χ0) is 19.6. The van der Waals surface area contributed by atoms with Crippen molar-refractivity contribution in [2.75, 3.05) is 6.61 Å². The number of hydrogen-bond acceptors (Lipinski definition) is 4. The standard InChI is InChI=1S/C17H17F3N2O4/c1-10-4-5-14(22(24)25)16(6-10)26-8-15(23)13-7-11(2)21(12(13)3)9-17(18,19)20/h4-7H,8-9H2,1-3H3. The molecule has 0 fully saturated rings. The van der Waals surface area contributed by atoms with Gasteiger partial charge in [-0.1, -0.05) is 6.07 Å². The summed E-state index contributed by atoms with van der Waals surface area (Å²) < 4.78 is 44.2. The predicted octanol–water partition coefficient (Wildman–Crippen LogP) is 4.15. The Labute approximate surface area is 147 Å². The Kier molecular flexibility index (Phi) is 5.38. The Morgan fingerprint density at radius 2 is 1.88 bits per heavy atom. The first-order chi connectivity index (χ1) is 12.0. The zero-order valence-electron chi connectivity index (χ0n) is 14.4. The van der Waals surface area contributed by atoms with Crippen molar-refractivity contribution >= 4 is 11.5 Å². The van der Waals surface area contributed by atoms with Crippen LogP contribution in [0.25, 0.3) is 0 Å². The van der Waals surface area contributed by atoms with E-state index in [1.54, 1.807) is 6.92 Å². The first kappa shape index (κ1) is 19.5. The van der Waals surface area contributed by atoms with Crippen LogP contribution in [0.5, 0.6) is 5.75 Å². The van der Waals surface area contributed by atoms with Crippen molar-refractivity contribution in [2.45, 2.75) is 33.5 Å². The normalized spacial score (nSPS) is 11.5. The highest BCUT2D eigenvalue weighted by atomic mass is 19.4. The van der Waals surface area contributed by atoms with Gasteiger partial charge < -0.3 is 9.30 Å². The van der Waals surface area contributed by atoms with Gasteiger partial charge in [-0.2, -0.15) is 13.2 Å². The third-order valence-corrected chi connectivity index (χ3v) is 3.88. The van der Waals surface area contributed by atoms with Crippen LogP contribution in [-0.2, 0) is 6.54 Å². The van der Waals surface area contributed by atoms with Gasteiger partial charge in [0.2, 0.25) is 5.78 Å². The molecule has 0 unspecified atom stereocenters. The second kappa shape index (κ2) is 7.19. The number of nitro benzene ring substituents is 1. The van der Waals surface area contributed by atoms with Crippen LogP contribution in [0, 0.1) is 30.9 Å². The molecule has 2 rings (SSSR count). The molecule has 6 nitrogen and oxygen atoms in total. The summed E-state index contributed by atoms with van der Waals surface area (Å²) in [6.45, 7) is 2.90. The number of carbonyl (C=O) groups is 1. The van der Waals surface area contributed by atoms with E-state index in [9.17, 15) is 28.1 Å². The van der Waals surface area contributed by atoms with E-state index in [2.05, 4.69) is 0 Å². The van der Waals surface area contributed by atoms with E-state index in [1.165, 1.54) is 38.1 Å². The van der Waals surface area contributed by atoms with Crippen molar-refractivity contribution < 1.29 is 27.6 Å². The number of ether oxygens (including phenoxy) is 1. The van der Waals surface area contributed by atoms with Gasteiger partial charge in [0.1, 0.15) is 6.54 Å². The van der Waals surface area contributed by atoms with Gasteiger partial charge in [-0.15, -0.1) is 0 Å². The topological polar surface area (TPSA) is 74.4 Å². The Balaban J connectivity index is 2.21. The maximum Gasteiger partial charge on any atom is 0.406 e. The molecule has 26 heavy (non-hydrogen) atoms. The predicted molar refractivity (Wildman–Crippen MR) is 87.6 cm³/mol. The van der Waals surface area contributed by atoms with Crippen molar-refractivity contribution in [2.24, 2.45) is 0 Å². The van der Waals surface area contributed by atoms with E-state index in [-0.39, 0.29) is 22.7 Å². The number of aryl methyl sites for hydroxylation is 2. The highest BCUT2D eigenvalue weighted by Crippen LogP contribution is 2.28. The van der Waals surface area contributed by atoms with E-state index >= 15 is 0 Å². The van der Waals surface area contributed by atoms with Crippen LogP contribution in [0.2, 0.25) is 0 Å². The third kappa shape index (κ3) is 4.41. The molecule has 0 amide bonds. The quantitative estimate of drug-likeness (QED) is 0.435. The van der Waals surface area contributed by atoms with Crippen molar-refractivity contribution in [1.82, 2.24) is 4.57 Å². The first-order valence-electron chi connectivity index (χ1n) is 7.64. The van der Waals surface area contributed by atoms with E-state index in [4.69, 9.17) is 4.74 Å². The summed E-state index contributed by atoms with van der Waals surface area (Å²) in [5.41, 5.74) is 0.992. The van der Waals surface area contributed by atoms with E-state index in [0.717, 1.165) is 4.57 Å². The fraction of sp³-hybridized carbons (Fsp3) is 0.353. The number of Topliss-reactive ketones (excluding diaryl/α,β-unsaturated/α-hetero) is 1. The molecule has 0 aliphatic carbocycles. The Morgan fingerprint density at radius 3 is 2.46 bits per heavy atom. The molecule has 0 saturated carbocycles. The van der Waals surface area contributed by atoms with Crippen LogP contribution < -0.4 is 4.74 Å². The van der Waals surface area contributed by atoms with Crippen LogP contribution in [0.3, 0.4) is 0 Å². The molecular weight excluding hydrogens is 353 g/mol. The van der Waals surface area contributed by atoms with E-state index in [0.29, 0.717) is 11.3 Å². The monoisotopic (exact) mass is 370 g/mol. The average Bonchev–Trinajstić information content (AvgIpc) is 2.79. The number of carbonyl (C=O) groups excluding carboxylic acids is 1. The first-order valence-corrected chi connectivity index (χ1v) is 7.64. The molecular formula is C17H17F3N2O4. The maximum atomic E-state index is 12.6. The molecule has 0 spiro atoms. The van der Waals surface area contributed by atoms with Crippen LogP contribution in [0.15, 0.2) is 24.3 Å². The van der Waals surface area contributed by atoms with Gasteiger partial charge >= 0.3 is 11.9 Å². The number of nitro groups is 1. The summed E-state index contributed by atoms with van der Waals surface area (Å²) >= 11 is 0. The maximum absolute atomic E-state index is 12.6. The van der Waals surface area contributed by atoms with Gasteiger partial charge in [-0.05, 0) is 38.5 Å². The lowest BCUT2D eigenvalue weighted by Crippen LogP contribution is -2.20. The average molecular weight is 370 g/mol. The number of aromatic nitrogens is 1. The lowest BCUT2D eigenvalue weighted by atomic mass is 10.1. The molecule has 1 heterocycles. The van der Waals surface area contributed by atoms with Gasteiger partial charge in [0.15, 0.2) is 12.4 Å². The van der Waals surface area contributed by atoms with Crippen molar-refractivity contribution in [1.29, 1.82) is 0 Å². The second-order valence-corrected chi connectivity index (χ2v) is 5.93. The molecule has 9 heteroatoms. The minimum atomic E-state index is -4.41. The van der Waals surface area contributed by atoms with Gasteiger partial charge in [-0.25, -0.2) is 0 Å². The molecule has 140 valence electrons. The van der Waals surface area contributed by atoms with Gasteiger partial charge in [-0.3, -0.25) is 14.9 Å². The molecule has 0 saturated heterocycles. The molecule has 0 bridgehead atoms. The number of rotatable bonds is 6. The summed E-state index contributed by atoms with van der Waals surface area (Å²) in [5, 5.41) is 11.0. The minimum absolute atomic E-state index is 0.0625. The second-order valence-electron chi connectivity index (χ2n) is 5.93. The third-order valence-electron chi connectivity index (χ3n) is 3.88. The highest BCUT2D eigenvalue weighted by Gasteiger charge is 2.30. The van der Waals surface area contributed by atoms with Gasteiger partial charge in [0.05, 0.1) is 4.92 Å². The van der Waals surface area contributed by atoms with Crippen LogP contribution in [0.1, 0.15) is 27.3 Å². The van der Waals surface area contributed by atoms with E-state index in [1.807, 2.05) is 0 Å². The van der Waals surface area contributed by atoms with Crippen LogP contribution in [0.4, 0.5) is 18.9 Å². The van der Waals surface area contributed by atoms with Crippen molar-refractivity contribution in [3.63, 3.8) is 0 Å². The molecule has 0 aliphatic rings. The number of ketones is 1. The molecule has 0 radical (unpaired) electrons. The summed E-state index contributed by atoms with van der Waals surface area (Å²) in [5.74, 6) is -0.616. The molecule has 1 aromatic carbocycles. The summed E-state index contributed by atoms with van der Waals surface area (Å²) in [6.07, 6.45) is -4.41. The summed E-state index contributed by atoms with van der Waals surface area (Å²) in [6, 6.07) is 5.59. The van der Waals surface area contributed by atoms with Crippen molar-refractivity contribution in [3.8, 4) is 5.75 Å². The fourth-order valence-corrected chi connectivity index (χ4v) is 2.61. The SMILES string of the molecule is Cc1ccc([N+](=O)[O-])c(OCC(=O)c2cc(C)n(CC(F)(F)F)c2C)c1. The number of nitrogens with zero attached hydrogens (tertiary/aromatic N) is 2. The van der Waals surface area contributed by atoms with Crippen LogP contribution in [-0.4, -0.2) is 28.1 Å². The van der Waals surface area contributed by atoms with Crippen LogP contribution >= 0.6 is 0 Å². The zero-order valence-corrected chi connectivity index (χ0v) is 14.4. The molecule has 1 aromatic heterocycles. The largest absolute Gasteiger partial charge is 0.478 e. The number of halogens is 3. The van der Waals surface area contributed by atoms with Gasteiger partial charge in [0, 0.05) is 23.0 Å².